The van der Waals surface area contributed by atoms with E-state index in [1.807, 2.05) is 19.9 Å². The van der Waals surface area contributed by atoms with Crippen LogP contribution in [-0.4, -0.2) is 34.4 Å². The highest BCUT2D eigenvalue weighted by Gasteiger charge is 2.21. The van der Waals surface area contributed by atoms with Crippen LogP contribution in [0.25, 0.3) is 0 Å². The van der Waals surface area contributed by atoms with Gasteiger partial charge in [0.2, 0.25) is 0 Å². The summed E-state index contributed by atoms with van der Waals surface area (Å²) in [7, 11) is 0. The number of hydrogen-bond acceptors (Lipinski definition) is 4. The zero-order valence-electron chi connectivity index (χ0n) is 10.5. The number of aromatic nitrogens is 1. The van der Waals surface area contributed by atoms with Crippen molar-refractivity contribution in [3.05, 3.63) is 22.9 Å². The van der Waals surface area contributed by atoms with Crippen LogP contribution in [0.1, 0.15) is 29.7 Å². The monoisotopic (exact) mass is 236 g/mol. The second-order valence-corrected chi connectivity index (χ2v) is 4.78. The minimum atomic E-state index is -0.280. The van der Waals surface area contributed by atoms with Gasteiger partial charge < -0.3 is 15.1 Å². The second-order valence-electron chi connectivity index (χ2n) is 4.78. The smallest absolute Gasteiger partial charge is 0.134 e. The van der Waals surface area contributed by atoms with E-state index in [-0.39, 0.29) is 12.7 Å². The molecule has 1 aliphatic heterocycles. The Bertz CT molecular complexity index is 407. The Hall–Kier alpha value is -1.13. The lowest BCUT2D eigenvalue weighted by atomic mass is 10.1. The predicted molar refractivity (Wildman–Crippen MR) is 67.1 cm³/mol. The van der Waals surface area contributed by atoms with E-state index in [4.69, 9.17) is 0 Å². The first-order chi connectivity index (χ1) is 8.11. The van der Waals surface area contributed by atoms with Gasteiger partial charge in [-0.05, 0) is 38.3 Å². The summed E-state index contributed by atoms with van der Waals surface area (Å²) in [5, 5.41) is 19.2. The van der Waals surface area contributed by atoms with Gasteiger partial charge >= 0.3 is 0 Å². The van der Waals surface area contributed by atoms with Crippen LogP contribution >= 0.6 is 0 Å². The molecule has 94 valence electrons. The lowest BCUT2D eigenvalue weighted by Gasteiger charge is -2.32. The van der Waals surface area contributed by atoms with E-state index in [1.165, 1.54) is 0 Å². The summed E-state index contributed by atoms with van der Waals surface area (Å²) in [5.41, 5.74) is 2.90. The number of β-amino-alcohol motifs (C(OH)–C–C–N with tert-alkyl or cyclic N) is 1. The van der Waals surface area contributed by atoms with Crippen molar-refractivity contribution in [3.63, 3.8) is 0 Å². The molecule has 0 bridgehead atoms. The molecule has 0 radical (unpaired) electrons. The van der Waals surface area contributed by atoms with Crippen molar-refractivity contribution < 1.29 is 10.2 Å². The first-order valence-electron chi connectivity index (χ1n) is 6.13. The van der Waals surface area contributed by atoms with Crippen molar-refractivity contribution in [3.8, 4) is 0 Å². The Morgan fingerprint density at radius 2 is 2.24 bits per heavy atom. The molecule has 2 N–H and O–H groups in total. The molecule has 0 spiro atoms. The molecule has 4 nitrogen and oxygen atoms in total. The summed E-state index contributed by atoms with van der Waals surface area (Å²) >= 11 is 0. The third-order valence-electron chi connectivity index (χ3n) is 3.31. The van der Waals surface area contributed by atoms with Crippen LogP contribution in [0, 0.1) is 13.8 Å². The summed E-state index contributed by atoms with van der Waals surface area (Å²) in [4.78, 5) is 6.60. The van der Waals surface area contributed by atoms with E-state index < -0.39 is 0 Å². The topological polar surface area (TPSA) is 56.6 Å². The zero-order chi connectivity index (χ0) is 12.4. The number of rotatable bonds is 2. The third kappa shape index (κ3) is 2.58. The standard InChI is InChI=1S/C13H20N2O2/c1-9-6-10(2)14-13(12(9)8-16)15-5-3-4-11(17)7-15/h6,11,16-17H,3-5,7-8H2,1-2H3. The molecule has 2 heterocycles. The highest BCUT2D eigenvalue weighted by Crippen LogP contribution is 2.25. The average molecular weight is 236 g/mol. The number of anilines is 1. The van der Waals surface area contributed by atoms with Gasteiger partial charge in [0.05, 0.1) is 12.7 Å². The molecular formula is C13H20N2O2. The van der Waals surface area contributed by atoms with Crippen molar-refractivity contribution in [2.45, 2.75) is 39.4 Å². The van der Waals surface area contributed by atoms with E-state index >= 15 is 0 Å². The number of aryl methyl sites for hydroxylation is 2. The maximum Gasteiger partial charge on any atom is 0.134 e. The van der Waals surface area contributed by atoms with Gasteiger partial charge in [0, 0.05) is 24.3 Å². The van der Waals surface area contributed by atoms with E-state index in [9.17, 15) is 10.2 Å². The van der Waals surface area contributed by atoms with Crippen molar-refractivity contribution in [1.82, 2.24) is 4.98 Å². The van der Waals surface area contributed by atoms with Crippen LogP contribution in [0.3, 0.4) is 0 Å². The molecule has 2 rings (SSSR count). The van der Waals surface area contributed by atoms with Gasteiger partial charge in [-0.15, -0.1) is 0 Å². The molecule has 1 unspecified atom stereocenters. The Morgan fingerprint density at radius 1 is 1.47 bits per heavy atom. The van der Waals surface area contributed by atoms with Gasteiger partial charge in [-0.25, -0.2) is 4.98 Å². The second kappa shape index (κ2) is 5.02. The molecule has 1 aromatic heterocycles. The van der Waals surface area contributed by atoms with Crippen LogP contribution in [0.15, 0.2) is 6.07 Å². The largest absolute Gasteiger partial charge is 0.392 e. The highest BCUT2D eigenvalue weighted by atomic mass is 16.3. The quantitative estimate of drug-likeness (QED) is 0.809. The van der Waals surface area contributed by atoms with Crippen LogP contribution in [0.5, 0.6) is 0 Å². The normalized spacial score (nSPS) is 20.7. The Labute approximate surface area is 102 Å². The molecule has 1 fully saturated rings. The zero-order valence-corrected chi connectivity index (χ0v) is 10.5. The predicted octanol–water partition coefficient (Wildman–Crippen LogP) is 1.15. The summed E-state index contributed by atoms with van der Waals surface area (Å²) in [6.07, 6.45) is 1.55. The highest BCUT2D eigenvalue weighted by molar-refractivity contribution is 5.51. The molecule has 0 aromatic carbocycles. The summed E-state index contributed by atoms with van der Waals surface area (Å²) in [6, 6.07) is 1.98. The number of aliphatic hydroxyl groups is 2. The lowest BCUT2D eigenvalue weighted by Crippen LogP contribution is -2.39. The third-order valence-corrected chi connectivity index (χ3v) is 3.31. The first-order valence-corrected chi connectivity index (χ1v) is 6.13. The number of piperidine rings is 1. The Kier molecular flexibility index (Phi) is 3.64. The van der Waals surface area contributed by atoms with Crippen molar-refractivity contribution in [2.75, 3.05) is 18.0 Å². The SMILES string of the molecule is Cc1cc(C)c(CO)c(N2CCCC(O)C2)n1. The van der Waals surface area contributed by atoms with Gasteiger partial charge in [-0.3, -0.25) is 0 Å². The van der Waals surface area contributed by atoms with Gasteiger partial charge in [-0.1, -0.05) is 0 Å². The molecule has 0 saturated carbocycles. The minimum Gasteiger partial charge on any atom is -0.392 e. The summed E-state index contributed by atoms with van der Waals surface area (Å²) in [5.74, 6) is 0.837. The number of pyridine rings is 1. The van der Waals surface area contributed by atoms with Crippen molar-refractivity contribution in [1.29, 1.82) is 0 Å². The first kappa shape index (κ1) is 12.3. The van der Waals surface area contributed by atoms with E-state index in [0.717, 1.165) is 42.0 Å². The van der Waals surface area contributed by atoms with E-state index in [1.54, 1.807) is 0 Å². The number of aliphatic hydroxyl groups excluding tert-OH is 2. The molecule has 1 atom stereocenters. The van der Waals surface area contributed by atoms with Gasteiger partial charge in [0.25, 0.3) is 0 Å². The number of nitrogens with zero attached hydrogens (tertiary/aromatic N) is 2. The van der Waals surface area contributed by atoms with Gasteiger partial charge in [-0.2, -0.15) is 0 Å². The van der Waals surface area contributed by atoms with Crippen LogP contribution < -0.4 is 4.90 Å². The fourth-order valence-corrected chi connectivity index (χ4v) is 2.45. The molecule has 4 heteroatoms. The Morgan fingerprint density at radius 3 is 2.88 bits per heavy atom. The molecule has 17 heavy (non-hydrogen) atoms. The molecule has 1 aromatic rings. The van der Waals surface area contributed by atoms with Crippen LogP contribution in [0.2, 0.25) is 0 Å². The fraction of sp³-hybridized carbons (Fsp3) is 0.615. The van der Waals surface area contributed by atoms with Gasteiger partial charge in [0.15, 0.2) is 0 Å². The lowest BCUT2D eigenvalue weighted by molar-refractivity contribution is 0.153. The average Bonchev–Trinajstić information content (AvgIpc) is 2.28. The van der Waals surface area contributed by atoms with E-state index in [0.29, 0.717) is 6.54 Å². The van der Waals surface area contributed by atoms with Crippen molar-refractivity contribution >= 4 is 5.82 Å². The summed E-state index contributed by atoms with van der Waals surface area (Å²) < 4.78 is 0. The van der Waals surface area contributed by atoms with Crippen LogP contribution in [0.4, 0.5) is 5.82 Å². The van der Waals surface area contributed by atoms with E-state index in [2.05, 4.69) is 9.88 Å². The molecule has 0 aliphatic carbocycles. The van der Waals surface area contributed by atoms with Crippen LogP contribution in [-0.2, 0) is 6.61 Å². The fourth-order valence-electron chi connectivity index (χ4n) is 2.45. The maximum absolute atomic E-state index is 9.71. The molecular weight excluding hydrogens is 216 g/mol. The number of hydrogen-bond donors (Lipinski definition) is 2. The van der Waals surface area contributed by atoms with Crippen molar-refractivity contribution in [2.24, 2.45) is 0 Å². The summed E-state index contributed by atoms with van der Waals surface area (Å²) in [6.45, 7) is 5.46. The molecule has 0 amide bonds. The minimum absolute atomic E-state index is 0.00103. The molecule has 1 saturated heterocycles. The van der Waals surface area contributed by atoms with Gasteiger partial charge in [0.1, 0.15) is 5.82 Å². The maximum atomic E-state index is 9.71. The molecule has 1 aliphatic rings. The Balaban J connectivity index is 2.35.